The van der Waals surface area contributed by atoms with Gasteiger partial charge in [-0.3, -0.25) is 4.79 Å². The lowest BCUT2D eigenvalue weighted by atomic mass is 9.98. The van der Waals surface area contributed by atoms with E-state index in [1.54, 1.807) is 0 Å². The zero-order valence-electron chi connectivity index (χ0n) is 13.7. The van der Waals surface area contributed by atoms with Crippen LogP contribution in [0.1, 0.15) is 42.3 Å². The lowest BCUT2D eigenvalue weighted by Crippen LogP contribution is -2.36. The van der Waals surface area contributed by atoms with Gasteiger partial charge in [0.15, 0.2) is 0 Å². The van der Waals surface area contributed by atoms with Crippen LogP contribution in [0.2, 0.25) is 0 Å². The highest BCUT2D eigenvalue weighted by atomic mass is 16.1. The molecule has 0 bridgehead atoms. The molecule has 0 saturated carbocycles. The summed E-state index contributed by atoms with van der Waals surface area (Å²) in [5, 5.41) is 3.10. The first kappa shape index (κ1) is 16.3. The molecule has 2 aromatic carbocycles. The van der Waals surface area contributed by atoms with Gasteiger partial charge in [0.1, 0.15) is 0 Å². The van der Waals surface area contributed by atoms with Crippen LogP contribution in [0.4, 0.5) is 0 Å². The third kappa shape index (κ3) is 4.45. The van der Waals surface area contributed by atoms with Gasteiger partial charge in [0.2, 0.25) is 0 Å². The van der Waals surface area contributed by atoms with Gasteiger partial charge in [-0.05, 0) is 42.9 Å². The summed E-state index contributed by atoms with van der Waals surface area (Å²) in [4.78, 5) is 12.5. The van der Waals surface area contributed by atoms with E-state index in [-0.39, 0.29) is 11.9 Å². The first-order valence-electron chi connectivity index (χ1n) is 8.00. The van der Waals surface area contributed by atoms with Gasteiger partial charge in [-0.25, -0.2) is 0 Å². The third-order valence-corrected chi connectivity index (χ3v) is 4.15. The topological polar surface area (TPSA) is 29.1 Å². The quantitative estimate of drug-likeness (QED) is 0.848. The number of benzene rings is 2. The smallest absolute Gasteiger partial charge is 0.251 e. The van der Waals surface area contributed by atoms with Crippen molar-refractivity contribution in [2.24, 2.45) is 5.92 Å². The molecular weight excluding hydrogens is 270 g/mol. The fourth-order valence-electron chi connectivity index (χ4n) is 2.33. The average molecular weight is 295 g/mol. The first-order valence-corrected chi connectivity index (χ1v) is 8.00. The van der Waals surface area contributed by atoms with Crippen LogP contribution in [-0.2, 0) is 12.8 Å². The molecule has 2 rings (SSSR count). The van der Waals surface area contributed by atoms with Gasteiger partial charge in [-0.15, -0.1) is 0 Å². The van der Waals surface area contributed by atoms with Crippen LogP contribution in [0.15, 0.2) is 54.6 Å². The van der Waals surface area contributed by atoms with Gasteiger partial charge in [-0.2, -0.15) is 0 Å². The second-order valence-electron chi connectivity index (χ2n) is 6.15. The van der Waals surface area contributed by atoms with Gasteiger partial charge in [0.25, 0.3) is 5.91 Å². The minimum atomic E-state index is 0.0323. The Morgan fingerprint density at radius 2 is 1.55 bits per heavy atom. The minimum Gasteiger partial charge on any atom is -0.349 e. The second kappa shape index (κ2) is 7.79. The molecule has 0 spiro atoms. The van der Waals surface area contributed by atoms with Crippen LogP contribution in [0.5, 0.6) is 0 Å². The SMILES string of the molecule is CC(C)C(C)NC(=O)c1ccccc1CCc1ccccc1. The molecule has 0 fully saturated rings. The van der Waals surface area contributed by atoms with Crippen molar-refractivity contribution in [2.75, 3.05) is 0 Å². The van der Waals surface area contributed by atoms with Crippen LogP contribution in [0.25, 0.3) is 0 Å². The zero-order chi connectivity index (χ0) is 15.9. The Balaban J connectivity index is 2.08. The maximum absolute atomic E-state index is 12.5. The largest absolute Gasteiger partial charge is 0.349 e. The standard InChI is InChI=1S/C20H25NO/c1-15(2)16(3)21-20(22)19-12-8-7-11-18(19)14-13-17-9-5-4-6-10-17/h4-12,15-16H,13-14H2,1-3H3,(H,21,22). The molecule has 1 atom stereocenters. The summed E-state index contributed by atoms with van der Waals surface area (Å²) in [5.74, 6) is 0.463. The van der Waals surface area contributed by atoms with E-state index in [1.807, 2.05) is 24.3 Å². The number of aryl methyl sites for hydroxylation is 2. The molecule has 0 radical (unpaired) electrons. The monoisotopic (exact) mass is 295 g/mol. The Bertz CT molecular complexity index is 604. The predicted octanol–water partition coefficient (Wildman–Crippen LogP) is 4.25. The zero-order valence-corrected chi connectivity index (χ0v) is 13.7. The van der Waals surface area contributed by atoms with Crippen LogP contribution >= 0.6 is 0 Å². The Kier molecular flexibility index (Phi) is 5.76. The lowest BCUT2D eigenvalue weighted by molar-refractivity contribution is 0.0929. The summed E-state index contributed by atoms with van der Waals surface area (Å²) in [6.45, 7) is 6.29. The molecule has 1 unspecified atom stereocenters. The van der Waals surface area contributed by atoms with Crippen molar-refractivity contribution in [2.45, 2.75) is 39.7 Å². The first-order chi connectivity index (χ1) is 10.6. The van der Waals surface area contributed by atoms with E-state index in [4.69, 9.17) is 0 Å². The van der Waals surface area contributed by atoms with Crippen molar-refractivity contribution in [1.29, 1.82) is 0 Å². The summed E-state index contributed by atoms with van der Waals surface area (Å²) in [6.07, 6.45) is 1.83. The molecule has 0 aliphatic heterocycles. The van der Waals surface area contributed by atoms with E-state index < -0.39 is 0 Å². The van der Waals surface area contributed by atoms with Crippen molar-refractivity contribution < 1.29 is 4.79 Å². The van der Waals surface area contributed by atoms with Crippen LogP contribution in [0.3, 0.4) is 0 Å². The highest BCUT2D eigenvalue weighted by molar-refractivity contribution is 5.95. The molecule has 1 N–H and O–H groups in total. The minimum absolute atomic E-state index is 0.0323. The Labute approximate surface area is 133 Å². The summed E-state index contributed by atoms with van der Waals surface area (Å²) < 4.78 is 0. The molecule has 22 heavy (non-hydrogen) atoms. The van der Waals surface area contributed by atoms with Crippen molar-refractivity contribution >= 4 is 5.91 Å². The number of carbonyl (C=O) groups excluding carboxylic acids is 1. The van der Waals surface area contributed by atoms with E-state index in [0.29, 0.717) is 5.92 Å². The summed E-state index contributed by atoms with van der Waals surface area (Å²) in [6, 6.07) is 18.5. The van der Waals surface area contributed by atoms with Crippen molar-refractivity contribution in [1.82, 2.24) is 5.32 Å². The van der Waals surface area contributed by atoms with E-state index in [9.17, 15) is 4.79 Å². The lowest BCUT2D eigenvalue weighted by Gasteiger charge is -2.18. The Hall–Kier alpha value is -2.09. The number of hydrogen-bond donors (Lipinski definition) is 1. The molecule has 0 saturated heterocycles. The van der Waals surface area contributed by atoms with Gasteiger partial charge < -0.3 is 5.32 Å². The third-order valence-electron chi connectivity index (χ3n) is 4.15. The van der Waals surface area contributed by atoms with E-state index >= 15 is 0 Å². The van der Waals surface area contributed by atoms with Crippen molar-refractivity contribution in [3.05, 3.63) is 71.3 Å². The highest BCUT2D eigenvalue weighted by Gasteiger charge is 2.15. The Morgan fingerprint density at radius 3 is 2.23 bits per heavy atom. The van der Waals surface area contributed by atoms with Gasteiger partial charge in [0.05, 0.1) is 0 Å². The summed E-state index contributed by atoms with van der Waals surface area (Å²) >= 11 is 0. The maximum atomic E-state index is 12.5. The van der Waals surface area contributed by atoms with Crippen LogP contribution in [0, 0.1) is 5.92 Å². The molecule has 2 heteroatoms. The number of hydrogen-bond acceptors (Lipinski definition) is 1. The highest BCUT2D eigenvalue weighted by Crippen LogP contribution is 2.13. The number of nitrogens with one attached hydrogen (secondary N) is 1. The van der Waals surface area contributed by atoms with Crippen LogP contribution < -0.4 is 5.32 Å². The fourth-order valence-corrected chi connectivity index (χ4v) is 2.33. The molecule has 116 valence electrons. The second-order valence-corrected chi connectivity index (χ2v) is 6.15. The van der Waals surface area contributed by atoms with E-state index in [1.165, 1.54) is 5.56 Å². The molecule has 2 nitrogen and oxygen atoms in total. The molecular formula is C20H25NO. The van der Waals surface area contributed by atoms with Gasteiger partial charge in [0, 0.05) is 11.6 Å². The molecule has 2 aromatic rings. The molecule has 0 heterocycles. The number of amides is 1. The molecule has 0 aliphatic rings. The van der Waals surface area contributed by atoms with Crippen molar-refractivity contribution in [3.63, 3.8) is 0 Å². The molecule has 0 aromatic heterocycles. The average Bonchev–Trinajstić information content (AvgIpc) is 2.54. The summed E-state index contributed by atoms with van der Waals surface area (Å²) in [7, 11) is 0. The van der Waals surface area contributed by atoms with E-state index in [0.717, 1.165) is 24.0 Å². The Morgan fingerprint density at radius 1 is 0.909 bits per heavy atom. The van der Waals surface area contributed by atoms with E-state index in [2.05, 4.69) is 56.4 Å². The van der Waals surface area contributed by atoms with Gasteiger partial charge >= 0.3 is 0 Å². The molecule has 0 aliphatic carbocycles. The number of rotatable bonds is 6. The maximum Gasteiger partial charge on any atom is 0.251 e. The normalized spacial score (nSPS) is 12.2. The number of carbonyl (C=O) groups is 1. The fraction of sp³-hybridized carbons (Fsp3) is 0.350. The predicted molar refractivity (Wildman–Crippen MR) is 92.1 cm³/mol. The van der Waals surface area contributed by atoms with Gasteiger partial charge in [-0.1, -0.05) is 62.4 Å². The summed E-state index contributed by atoms with van der Waals surface area (Å²) in [5.41, 5.74) is 3.21. The van der Waals surface area contributed by atoms with Crippen molar-refractivity contribution in [3.8, 4) is 0 Å². The van der Waals surface area contributed by atoms with Crippen LogP contribution in [-0.4, -0.2) is 11.9 Å². The molecule has 1 amide bonds.